The van der Waals surface area contributed by atoms with Gasteiger partial charge in [-0.3, -0.25) is 19.7 Å². The second kappa shape index (κ2) is 9.46. The van der Waals surface area contributed by atoms with Crippen molar-refractivity contribution in [1.29, 1.82) is 0 Å². The largest absolute Gasteiger partial charge is 0.469 e. The van der Waals surface area contributed by atoms with E-state index in [1.807, 2.05) is 0 Å². The van der Waals surface area contributed by atoms with Gasteiger partial charge in [0.15, 0.2) is 6.61 Å². The molecule has 1 heterocycles. The summed E-state index contributed by atoms with van der Waals surface area (Å²) in [5, 5.41) is 10.7. The lowest BCUT2D eigenvalue weighted by Crippen LogP contribution is -2.42. The number of carbonyl (C=O) groups excluding carboxylic acids is 3. The maximum atomic E-state index is 12.1. The number of methoxy groups -OCH3 is 1. The summed E-state index contributed by atoms with van der Waals surface area (Å²) < 4.78 is 9.60. The Bertz CT molecular complexity index is 752. The molecule has 0 unspecified atom stereocenters. The molecule has 0 atom stereocenters. The van der Waals surface area contributed by atoms with Gasteiger partial charge < -0.3 is 14.4 Å². The van der Waals surface area contributed by atoms with E-state index in [0.29, 0.717) is 31.5 Å². The van der Waals surface area contributed by atoms with E-state index in [4.69, 9.17) is 9.47 Å². The highest BCUT2D eigenvalue weighted by molar-refractivity contribution is 5.89. The summed E-state index contributed by atoms with van der Waals surface area (Å²) in [6.07, 6.45) is 3.51. The van der Waals surface area contributed by atoms with Crippen molar-refractivity contribution in [3.05, 3.63) is 46.0 Å². The Morgan fingerprint density at radius 2 is 2.00 bits per heavy atom. The lowest BCUT2D eigenvalue weighted by molar-refractivity contribution is -0.384. The lowest BCUT2D eigenvalue weighted by atomic mass is 9.97. The molecule has 2 rings (SSSR count). The maximum absolute atomic E-state index is 12.1. The van der Waals surface area contributed by atoms with E-state index in [0.717, 1.165) is 6.08 Å². The van der Waals surface area contributed by atoms with Gasteiger partial charge in [-0.1, -0.05) is 12.1 Å². The highest BCUT2D eigenvalue weighted by atomic mass is 16.6. The second-order valence-corrected chi connectivity index (χ2v) is 5.97. The Balaban J connectivity index is 1.78. The summed E-state index contributed by atoms with van der Waals surface area (Å²) in [7, 11) is 1.33. The van der Waals surface area contributed by atoms with Gasteiger partial charge in [-0.25, -0.2) is 4.79 Å². The number of rotatable bonds is 6. The molecule has 0 saturated carbocycles. The quantitative estimate of drug-likeness (QED) is 0.320. The minimum Gasteiger partial charge on any atom is -0.469 e. The zero-order valence-corrected chi connectivity index (χ0v) is 14.8. The van der Waals surface area contributed by atoms with Crippen molar-refractivity contribution in [2.75, 3.05) is 26.8 Å². The maximum Gasteiger partial charge on any atom is 0.331 e. The van der Waals surface area contributed by atoms with Gasteiger partial charge in [-0.15, -0.1) is 0 Å². The number of esters is 2. The first-order chi connectivity index (χ1) is 12.9. The number of hydrogen-bond acceptors (Lipinski definition) is 7. The predicted molar refractivity (Wildman–Crippen MR) is 94.4 cm³/mol. The summed E-state index contributed by atoms with van der Waals surface area (Å²) in [5.74, 6) is -1.55. The summed E-state index contributed by atoms with van der Waals surface area (Å²) in [6, 6.07) is 5.77. The number of piperidine rings is 1. The average Bonchev–Trinajstić information content (AvgIpc) is 2.70. The molecule has 144 valence electrons. The van der Waals surface area contributed by atoms with E-state index in [2.05, 4.69) is 0 Å². The third kappa shape index (κ3) is 5.91. The fourth-order valence-corrected chi connectivity index (χ4v) is 2.71. The van der Waals surface area contributed by atoms with Crippen molar-refractivity contribution in [3.63, 3.8) is 0 Å². The molecule has 1 fully saturated rings. The lowest BCUT2D eigenvalue weighted by Gasteiger charge is -2.30. The first-order valence-corrected chi connectivity index (χ1v) is 8.35. The summed E-state index contributed by atoms with van der Waals surface area (Å²) >= 11 is 0. The number of nitrogens with zero attached hydrogens (tertiary/aromatic N) is 2. The van der Waals surface area contributed by atoms with Gasteiger partial charge in [0.1, 0.15) is 0 Å². The number of nitro groups is 1. The Morgan fingerprint density at radius 3 is 2.63 bits per heavy atom. The molecule has 1 aliphatic heterocycles. The second-order valence-electron chi connectivity index (χ2n) is 5.97. The zero-order chi connectivity index (χ0) is 19.8. The SMILES string of the molecule is COC(=O)C1CCN(C(=O)COC(=O)/C=C/c2cccc([N+](=O)[O-])c2)CC1. The van der Waals surface area contributed by atoms with E-state index in [1.54, 1.807) is 6.07 Å². The van der Waals surface area contributed by atoms with E-state index in [1.165, 1.54) is 36.3 Å². The number of amides is 1. The molecule has 0 aliphatic carbocycles. The van der Waals surface area contributed by atoms with Crippen LogP contribution in [0.15, 0.2) is 30.3 Å². The Kier molecular flexibility index (Phi) is 7.04. The van der Waals surface area contributed by atoms with Crippen molar-refractivity contribution < 1.29 is 28.8 Å². The Labute approximate surface area is 155 Å². The van der Waals surface area contributed by atoms with Gasteiger partial charge in [0.25, 0.3) is 11.6 Å². The third-order valence-electron chi connectivity index (χ3n) is 4.21. The van der Waals surface area contributed by atoms with Crippen LogP contribution in [0.3, 0.4) is 0 Å². The van der Waals surface area contributed by atoms with Crippen LogP contribution in [0.5, 0.6) is 0 Å². The van der Waals surface area contributed by atoms with Crippen LogP contribution in [0.2, 0.25) is 0 Å². The van der Waals surface area contributed by atoms with Crippen LogP contribution in [-0.4, -0.2) is 54.5 Å². The van der Waals surface area contributed by atoms with Crippen LogP contribution < -0.4 is 0 Å². The number of ether oxygens (including phenoxy) is 2. The number of non-ortho nitro benzene ring substituents is 1. The van der Waals surface area contributed by atoms with Crippen molar-refractivity contribution in [3.8, 4) is 0 Å². The molecule has 1 aliphatic rings. The van der Waals surface area contributed by atoms with Gasteiger partial charge in [0.05, 0.1) is 18.0 Å². The molecule has 0 N–H and O–H groups in total. The molecular formula is C18H20N2O7. The van der Waals surface area contributed by atoms with E-state index >= 15 is 0 Å². The van der Waals surface area contributed by atoms with Crippen molar-refractivity contribution in [2.45, 2.75) is 12.8 Å². The predicted octanol–water partition coefficient (Wildman–Crippen LogP) is 1.56. The first kappa shape index (κ1) is 20.1. The van der Waals surface area contributed by atoms with Crippen molar-refractivity contribution >= 4 is 29.6 Å². The monoisotopic (exact) mass is 376 g/mol. The van der Waals surface area contributed by atoms with Gasteiger partial charge in [-0.05, 0) is 24.5 Å². The third-order valence-corrected chi connectivity index (χ3v) is 4.21. The van der Waals surface area contributed by atoms with Crippen LogP contribution in [0, 0.1) is 16.0 Å². The van der Waals surface area contributed by atoms with Crippen LogP contribution in [0.25, 0.3) is 6.08 Å². The number of benzene rings is 1. The molecule has 0 radical (unpaired) electrons. The zero-order valence-electron chi connectivity index (χ0n) is 14.8. The molecule has 1 aromatic rings. The molecule has 9 heteroatoms. The molecule has 9 nitrogen and oxygen atoms in total. The average molecular weight is 376 g/mol. The van der Waals surface area contributed by atoms with Crippen LogP contribution in [-0.2, 0) is 23.9 Å². The first-order valence-electron chi connectivity index (χ1n) is 8.35. The Hall–Kier alpha value is -3.23. The van der Waals surface area contributed by atoms with E-state index in [-0.39, 0.29) is 23.5 Å². The topological polar surface area (TPSA) is 116 Å². The number of likely N-dealkylation sites (tertiary alicyclic amines) is 1. The fourth-order valence-electron chi connectivity index (χ4n) is 2.71. The van der Waals surface area contributed by atoms with Crippen molar-refractivity contribution in [1.82, 2.24) is 4.90 Å². The van der Waals surface area contributed by atoms with Crippen LogP contribution in [0.1, 0.15) is 18.4 Å². The van der Waals surface area contributed by atoms with Crippen LogP contribution >= 0.6 is 0 Å². The number of hydrogen-bond donors (Lipinski definition) is 0. The minimum atomic E-state index is -0.723. The molecule has 0 spiro atoms. The summed E-state index contributed by atoms with van der Waals surface area (Å²) in [4.78, 5) is 47.0. The molecule has 1 amide bonds. The molecule has 1 aromatic carbocycles. The normalized spacial score (nSPS) is 14.8. The number of nitro benzene ring substituents is 1. The molecule has 0 aromatic heterocycles. The van der Waals surface area contributed by atoms with Crippen LogP contribution in [0.4, 0.5) is 5.69 Å². The summed E-state index contributed by atoms with van der Waals surface area (Å²) in [5.41, 5.74) is 0.383. The minimum absolute atomic E-state index is 0.0870. The standard InChI is InChI=1S/C18H20N2O7/c1-26-18(23)14-7-9-19(10-8-14)16(21)12-27-17(22)6-5-13-3-2-4-15(11-13)20(24)25/h2-6,11,14H,7-10,12H2,1H3/b6-5+. The highest BCUT2D eigenvalue weighted by Crippen LogP contribution is 2.18. The fraction of sp³-hybridized carbons (Fsp3) is 0.389. The van der Waals surface area contributed by atoms with Gasteiger partial charge >= 0.3 is 11.9 Å². The molecule has 1 saturated heterocycles. The molecule has 27 heavy (non-hydrogen) atoms. The van der Waals surface area contributed by atoms with Gasteiger partial charge in [0.2, 0.25) is 0 Å². The summed E-state index contributed by atoms with van der Waals surface area (Å²) in [6.45, 7) is 0.403. The highest BCUT2D eigenvalue weighted by Gasteiger charge is 2.28. The van der Waals surface area contributed by atoms with Gasteiger partial charge in [0, 0.05) is 31.3 Å². The smallest absolute Gasteiger partial charge is 0.331 e. The molecular weight excluding hydrogens is 356 g/mol. The van der Waals surface area contributed by atoms with Crippen molar-refractivity contribution in [2.24, 2.45) is 5.92 Å². The van der Waals surface area contributed by atoms with E-state index < -0.39 is 17.5 Å². The van der Waals surface area contributed by atoms with E-state index in [9.17, 15) is 24.5 Å². The Morgan fingerprint density at radius 1 is 1.30 bits per heavy atom. The number of carbonyl (C=O) groups is 3. The van der Waals surface area contributed by atoms with Gasteiger partial charge in [-0.2, -0.15) is 0 Å². The molecule has 0 bridgehead atoms.